The Balaban J connectivity index is 2.87. The summed E-state index contributed by atoms with van der Waals surface area (Å²) in [5.74, 6) is 0.752. The van der Waals surface area contributed by atoms with Gasteiger partial charge < -0.3 is 15.8 Å². The highest BCUT2D eigenvalue weighted by molar-refractivity contribution is 5.47. The summed E-state index contributed by atoms with van der Waals surface area (Å²) >= 11 is 0. The average molecular weight is 194 g/mol. The number of carbonyl (C=O) groups excluding carboxylic acids is 1. The number of nitrogens with one attached hydrogen (secondary N) is 1. The van der Waals surface area contributed by atoms with Crippen LogP contribution in [0, 0.1) is 0 Å². The molecule has 1 aromatic rings. The molecule has 1 rings (SSSR count). The predicted octanol–water partition coefficient (Wildman–Crippen LogP) is 0.400. The van der Waals surface area contributed by atoms with Crippen molar-refractivity contribution in [3.63, 3.8) is 0 Å². The second-order valence-electron chi connectivity index (χ2n) is 2.85. The lowest BCUT2D eigenvalue weighted by molar-refractivity contribution is -0.109. The first-order chi connectivity index (χ1) is 6.81. The molecule has 0 saturated carbocycles. The Morgan fingerprint density at radius 3 is 2.93 bits per heavy atom. The smallest absolute Gasteiger partial charge is 0.207 e. The van der Waals surface area contributed by atoms with E-state index in [1.807, 2.05) is 18.2 Å². The third-order valence-electron chi connectivity index (χ3n) is 1.96. The van der Waals surface area contributed by atoms with Gasteiger partial charge >= 0.3 is 0 Å². The van der Waals surface area contributed by atoms with Crippen LogP contribution in [-0.4, -0.2) is 13.5 Å². The number of nitrogens with two attached hydrogens (primary N) is 1. The Morgan fingerprint density at radius 2 is 2.36 bits per heavy atom. The molecular weight excluding hydrogens is 180 g/mol. The van der Waals surface area contributed by atoms with Crippen LogP contribution in [0.15, 0.2) is 18.2 Å². The van der Waals surface area contributed by atoms with Crippen LogP contribution >= 0.6 is 0 Å². The zero-order valence-corrected chi connectivity index (χ0v) is 8.12. The first kappa shape index (κ1) is 10.5. The molecule has 4 heteroatoms. The number of methoxy groups -OCH3 is 1. The lowest BCUT2D eigenvalue weighted by Crippen LogP contribution is -2.11. The molecule has 0 saturated heterocycles. The molecule has 0 aliphatic carbocycles. The maximum atomic E-state index is 10.1. The molecule has 3 N–H and O–H groups in total. The van der Waals surface area contributed by atoms with E-state index in [-0.39, 0.29) is 0 Å². The van der Waals surface area contributed by atoms with Crippen molar-refractivity contribution < 1.29 is 9.53 Å². The largest absolute Gasteiger partial charge is 0.496 e. The van der Waals surface area contributed by atoms with Gasteiger partial charge in [-0.1, -0.05) is 12.1 Å². The van der Waals surface area contributed by atoms with Crippen LogP contribution in [0.4, 0.5) is 0 Å². The fraction of sp³-hybridized carbons (Fsp3) is 0.300. The summed E-state index contributed by atoms with van der Waals surface area (Å²) < 4.78 is 5.17. The van der Waals surface area contributed by atoms with Gasteiger partial charge in [0, 0.05) is 18.7 Å². The second-order valence-corrected chi connectivity index (χ2v) is 2.85. The lowest BCUT2D eigenvalue weighted by Gasteiger charge is -2.09. The third kappa shape index (κ3) is 2.47. The van der Waals surface area contributed by atoms with Gasteiger partial charge in [-0.15, -0.1) is 0 Å². The highest BCUT2D eigenvalue weighted by Crippen LogP contribution is 2.19. The quantitative estimate of drug-likeness (QED) is 0.667. The molecule has 0 heterocycles. The second kappa shape index (κ2) is 5.24. The van der Waals surface area contributed by atoms with Crippen LogP contribution in [0.5, 0.6) is 5.75 Å². The number of ether oxygens (including phenoxy) is 1. The fourth-order valence-corrected chi connectivity index (χ4v) is 1.21. The topological polar surface area (TPSA) is 64.3 Å². The minimum Gasteiger partial charge on any atom is -0.496 e. The van der Waals surface area contributed by atoms with Crippen molar-refractivity contribution in [2.75, 3.05) is 7.11 Å². The zero-order valence-electron chi connectivity index (χ0n) is 8.12. The Bertz CT molecular complexity index is 313. The van der Waals surface area contributed by atoms with Gasteiger partial charge in [-0.3, -0.25) is 4.79 Å². The molecule has 0 radical (unpaired) electrons. The molecule has 0 aromatic heterocycles. The first-order valence-electron chi connectivity index (χ1n) is 4.34. The van der Waals surface area contributed by atoms with E-state index >= 15 is 0 Å². The number of amides is 1. The molecule has 1 aromatic carbocycles. The molecule has 1 amide bonds. The van der Waals surface area contributed by atoms with Crippen LogP contribution in [0.1, 0.15) is 11.1 Å². The summed E-state index contributed by atoms with van der Waals surface area (Å²) in [6.07, 6.45) is 0.663. The van der Waals surface area contributed by atoms with Crippen molar-refractivity contribution >= 4 is 6.41 Å². The van der Waals surface area contributed by atoms with E-state index < -0.39 is 0 Å². The summed E-state index contributed by atoms with van der Waals surface area (Å²) in [6.45, 7) is 0.954. The van der Waals surface area contributed by atoms with Gasteiger partial charge in [0.05, 0.1) is 7.11 Å². The summed E-state index contributed by atoms with van der Waals surface area (Å²) in [6, 6.07) is 5.70. The average Bonchev–Trinajstić information content (AvgIpc) is 2.26. The van der Waals surface area contributed by atoms with Crippen molar-refractivity contribution in [2.24, 2.45) is 5.73 Å². The van der Waals surface area contributed by atoms with E-state index in [0.29, 0.717) is 19.5 Å². The standard InChI is InChI=1S/C10H14N2O2/c1-14-10-4-8(5-11)2-3-9(10)6-12-7-13/h2-4,7H,5-6,11H2,1H3,(H,12,13). The van der Waals surface area contributed by atoms with E-state index in [1.165, 1.54) is 0 Å². The Kier molecular flexibility index (Phi) is 3.94. The summed E-state index contributed by atoms with van der Waals surface area (Å²) in [5, 5.41) is 2.58. The minimum absolute atomic E-state index is 0.470. The molecular formula is C10H14N2O2. The minimum atomic E-state index is 0.470. The third-order valence-corrected chi connectivity index (χ3v) is 1.96. The summed E-state index contributed by atoms with van der Waals surface area (Å²) in [5.41, 5.74) is 7.45. The molecule has 0 aliphatic heterocycles. The van der Waals surface area contributed by atoms with Gasteiger partial charge in [0.2, 0.25) is 6.41 Å². The van der Waals surface area contributed by atoms with Crippen molar-refractivity contribution in [1.82, 2.24) is 5.32 Å². The summed E-state index contributed by atoms with van der Waals surface area (Å²) in [4.78, 5) is 10.1. The molecule has 76 valence electrons. The maximum absolute atomic E-state index is 10.1. The molecule has 0 unspecified atom stereocenters. The van der Waals surface area contributed by atoms with Crippen LogP contribution < -0.4 is 15.8 Å². The van der Waals surface area contributed by atoms with Crippen molar-refractivity contribution in [1.29, 1.82) is 0 Å². The molecule has 0 atom stereocenters. The van der Waals surface area contributed by atoms with Crippen molar-refractivity contribution in [3.8, 4) is 5.75 Å². The number of carbonyl (C=O) groups is 1. The first-order valence-corrected chi connectivity index (χ1v) is 4.34. The van der Waals surface area contributed by atoms with Crippen LogP contribution in [0.3, 0.4) is 0 Å². The molecule has 4 nitrogen and oxygen atoms in total. The molecule has 0 bridgehead atoms. The van der Waals surface area contributed by atoms with Crippen LogP contribution in [0.2, 0.25) is 0 Å². The van der Waals surface area contributed by atoms with Gasteiger partial charge in [-0.25, -0.2) is 0 Å². The predicted molar refractivity (Wildman–Crippen MR) is 53.8 cm³/mol. The van der Waals surface area contributed by atoms with Crippen molar-refractivity contribution in [3.05, 3.63) is 29.3 Å². The van der Waals surface area contributed by atoms with Crippen LogP contribution in [-0.2, 0) is 17.9 Å². The Morgan fingerprint density at radius 1 is 1.57 bits per heavy atom. The monoisotopic (exact) mass is 194 g/mol. The molecule has 0 fully saturated rings. The van der Waals surface area contributed by atoms with Crippen molar-refractivity contribution in [2.45, 2.75) is 13.1 Å². The SMILES string of the molecule is COc1cc(CN)ccc1CNC=O. The van der Waals surface area contributed by atoms with E-state index in [0.717, 1.165) is 16.9 Å². The van der Waals surface area contributed by atoms with Crippen LogP contribution in [0.25, 0.3) is 0 Å². The highest BCUT2D eigenvalue weighted by Gasteiger charge is 2.02. The Hall–Kier alpha value is -1.55. The Labute approximate surface area is 83.1 Å². The molecule has 0 aliphatic rings. The number of hydrogen-bond donors (Lipinski definition) is 2. The van der Waals surface area contributed by atoms with Gasteiger partial charge in [-0.05, 0) is 11.6 Å². The normalized spacial score (nSPS) is 9.57. The zero-order chi connectivity index (χ0) is 10.4. The van der Waals surface area contributed by atoms with E-state index in [4.69, 9.17) is 10.5 Å². The number of benzene rings is 1. The van der Waals surface area contributed by atoms with Gasteiger partial charge in [0.1, 0.15) is 5.75 Å². The van der Waals surface area contributed by atoms with E-state index in [2.05, 4.69) is 5.32 Å². The number of rotatable bonds is 5. The lowest BCUT2D eigenvalue weighted by atomic mass is 10.1. The van der Waals surface area contributed by atoms with E-state index in [9.17, 15) is 4.79 Å². The molecule has 0 spiro atoms. The maximum Gasteiger partial charge on any atom is 0.207 e. The number of hydrogen-bond acceptors (Lipinski definition) is 3. The highest BCUT2D eigenvalue weighted by atomic mass is 16.5. The fourth-order valence-electron chi connectivity index (χ4n) is 1.21. The summed E-state index contributed by atoms with van der Waals surface area (Å²) in [7, 11) is 1.60. The van der Waals surface area contributed by atoms with Gasteiger partial charge in [-0.2, -0.15) is 0 Å². The molecule has 14 heavy (non-hydrogen) atoms. The van der Waals surface area contributed by atoms with Gasteiger partial charge in [0.25, 0.3) is 0 Å². The van der Waals surface area contributed by atoms with E-state index in [1.54, 1.807) is 7.11 Å². The van der Waals surface area contributed by atoms with Gasteiger partial charge in [0.15, 0.2) is 0 Å².